The number of carbonyl (C=O) groups excluding carboxylic acids is 1. The minimum absolute atomic E-state index is 0.00896. The molecule has 0 saturated carbocycles. The summed E-state index contributed by atoms with van der Waals surface area (Å²) in [5.41, 5.74) is 1.17. The summed E-state index contributed by atoms with van der Waals surface area (Å²) in [5, 5.41) is 28.4. The molecule has 0 atom stereocenters. The maximum atomic E-state index is 12.1. The molecule has 2 aromatic carbocycles. The van der Waals surface area contributed by atoms with Crippen LogP contribution in [-0.2, 0) is 22.7 Å². The summed E-state index contributed by atoms with van der Waals surface area (Å²) in [5.74, 6) is -2.34. The van der Waals surface area contributed by atoms with Gasteiger partial charge in [0, 0.05) is 13.1 Å². The molecule has 0 unspecified atom stereocenters. The average molecular weight is 361 g/mol. The first kappa shape index (κ1) is 18.9. The van der Waals surface area contributed by atoms with Crippen molar-refractivity contribution in [3.63, 3.8) is 0 Å². The number of hydrogen-bond donors (Lipinski definition) is 3. The molecule has 0 radical (unpaired) electrons. The minimum atomic E-state index is -1.58. The molecule has 0 bridgehead atoms. The third-order valence-electron chi connectivity index (χ3n) is 3.71. The number of aromatic hydroxyl groups is 2. The van der Waals surface area contributed by atoms with E-state index in [1.165, 1.54) is 38.5 Å². The second kappa shape index (κ2) is 8.11. The molecule has 0 aliphatic rings. The van der Waals surface area contributed by atoms with E-state index in [9.17, 15) is 19.8 Å². The molecule has 0 aromatic heterocycles. The van der Waals surface area contributed by atoms with Gasteiger partial charge in [0.1, 0.15) is 0 Å². The highest BCUT2D eigenvalue weighted by atomic mass is 16.5. The Labute approximate surface area is 149 Å². The van der Waals surface area contributed by atoms with Gasteiger partial charge in [-0.25, -0.2) is 4.79 Å². The van der Waals surface area contributed by atoms with Crippen LogP contribution in [0.15, 0.2) is 36.4 Å². The molecule has 2 rings (SSSR count). The highest BCUT2D eigenvalue weighted by Gasteiger charge is 2.22. The van der Waals surface area contributed by atoms with Gasteiger partial charge in [0.05, 0.1) is 14.2 Å². The lowest BCUT2D eigenvalue weighted by Gasteiger charge is -2.22. The molecule has 8 heteroatoms. The van der Waals surface area contributed by atoms with Crippen LogP contribution in [0.25, 0.3) is 0 Å². The number of rotatable bonds is 6. The molecular formula is C18H19NO7. The van der Waals surface area contributed by atoms with Gasteiger partial charge in [0.15, 0.2) is 23.0 Å². The number of methoxy groups -OCH3 is 2. The Morgan fingerprint density at radius 3 is 1.65 bits per heavy atom. The Bertz CT molecular complexity index is 764. The number of carboxylic acid groups (broad SMARTS) is 1. The number of benzene rings is 2. The SMILES string of the molecule is COc1cc(CN(Cc2ccc(O)c(OC)c2)C(=O)C(=O)O)ccc1O. The number of carboxylic acids is 1. The lowest BCUT2D eigenvalue weighted by Crippen LogP contribution is -2.35. The third-order valence-corrected chi connectivity index (χ3v) is 3.71. The molecule has 3 N–H and O–H groups in total. The number of hydrogen-bond acceptors (Lipinski definition) is 6. The summed E-state index contributed by atoms with van der Waals surface area (Å²) in [6, 6.07) is 8.99. The van der Waals surface area contributed by atoms with Crippen LogP contribution in [0.3, 0.4) is 0 Å². The van der Waals surface area contributed by atoms with Crippen molar-refractivity contribution in [2.75, 3.05) is 14.2 Å². The van der Waals surface area contributed by atoms with E-state index >= 15 is 0 Å². The van der Waals surface area contributed by atoms with Crippen LogP contribution in [0.2, 0.25) is 0 Å². The zero-order chi connectivity index (χ0) is 19.3. The molecule has 138 valence electrons. The van der Waals surface area contributed by atoms with Crippen molar-refractivity contribution in [1.82, 2.24) is 4.90 Å². The van der Waals surface area contributed by atoms with Crippen molar-refractivity contribution in [3.05, 3.63) is 47.5 Å². The standard InChI is InChI=1S/C18H19NO7/c1-25-15-7-11(3-5-13(15)20)9-19(17(22)18(23)24)10-12-4-6-14(21)16(8-12)26-2/h3-8,20-21H,9-10H2,1-2H3,(H,23,24). The van der Waals surface area contributed by atoms with E-state index in [2.05, 4.69) is 0 Å². The van der Waals surface area contributed by atoms with Crippen molar-refractivity contribution in [2.45, 2.75) is 13.1 Å². The summed E-state index contributed by atoms with van der Waals surface area (Å²) >= 11 is 0. The molecule has 0 aliphatic carbocycles. The predicted octanol–water partition coefficient (Wildman–Crippen LogP) is 1.73. The maximum absolute atomic E-state index is 12.1. The van der Waals surface area contributed by atoms with Gasteiger partial charge in [-0.15, -0.1) is 0 Å². The Balaban J connectivity index is 2.29. The molecule has 8 nitrogen and oxygen atoms in total. The second-order valence-corrected chi connectivity index (χ2v) is 5.48. The van der Waals surface area contributed by atoms with Gasteiger partial charge in [-0.3, -0.25) is 4.79 Å². The molecule has 26 heavy (non-hydrogen) atoms. The van der Waals surface area contributed by atoms with Crippen LogP contribution in [-0.4, -0.2) is 46.3 Å². The number of phenolic OH excluding ortho intramolecular Hbond substituents is 2. The predicted molar refractivity (Wildman–Crippen MR) is 91.2 cm³/mol. The zero-order valence-corrected chi connectivity index (χ0v) is 14.3. The van der Waals surface area contributed by atoms with E-state index in [0.29, 0.717) is 11.1 Å². The Morgan fingerprint density at radius 1 is 0.885 bits per heavy atom. The highest BCUT2D eigenvalue weighted by molar-refractivity contribution is 6.31. The summed E-state index contributed by atoms with van der Waals surface area (Å²) in [4.78, 5) is 24.3. The number of aliphatic carboxylic acids is 1. The summed E-state index contributed by atoms with van der Waals surface area (Å²) in [6.45, 7) is -0.0179. The molecule has 1 amide bonds. The molecule has 0 aliphatic heterocycles. The smallest absolute Gasteiger partial charge is 0.394 e. The van der Waals surface area contributed by atoms with Crippen molar-refractivity contribution in [2.24, 2.45) is 0 Å². The first-order valence-electron chi connectivity index (χ1n) is 7.59. The highest BCUT2D eigenvalue weighted by Crippen LogP contribution is 2.29. The van der Waals surface area contributed by atoms with Crippen LogP contribution >= 0.6 is 0 Å². The van der Waals surface area contributed by atoms with Crippen LogP contribution in [0.1, 0.15) is 11.1 Å². The fourth-order valence-corrected chi connectivity index (χ4v) is 2.42. The topological polar surface area (TPSA) is 117 Å². The van der Waals surface area contributed by atoms with E-state index in [0.717, 1.165) is 4.90 Å². The van der Waals surface area contributed by atoms with Crippen molar-refractivity contribution in [3.8, 4) is 23.0 Å². The first-order valence-corrected chi connectivity index (χ1v) is 7.59. The van der Waals surface area contributed by atoms with Crippen LogP contribution in [0.4, 0.5) is 0 Å². The van der Waals surface area contributed by atoms with Gasteiger partial charge >= 0.3 is 11.9 Å². The van der Waals surface area contributed by atoms with E-state index in [4.69, 9.17) is 14.6 Å². The zero-order valence-electron chi connectivity index (χ0n) is 14.3. The number of ether oxygens (including phenoxy) is 2. The van der Waals surface area contributed by atoms with Gasteiger partial charge in [0.25, 0.3) is 0 Å². The lowest BCUT2D eigenvalue weighted by molar-refractivity contribution is -0.156. The van der Waals surface area contributed by atoms with Crippen LogP contribution in [0.5, 0.6) is 23.0 Å². The maximum Gasteiger partial charge on any atom is 0.394 e. The van der Waals surface area contributed by atoms with Crippen molar-refractivity contribution in [1.29, 1.82) is 0 Å². The fraction of sp³-hybridized carbons (Fsp3) is 0.222. The Kier molecular flexibility index (Phi) is 5.90. The van der Waals surface area contributed by atoms with Crippen LogP contribution in [0, 0.1) is 0 Å². The quantitative estimate of drug-likeness (QED) is 0.671. The van der Waals surface area contributed by atoms with Gasteiger partial charge in [-0.2, -0.15) is 0 Å². The number of amides is 1. The van der Waals surface area contributed by atoms with Gasteiger partial charge in [-0.1, -0.05) is 12.1 Å². The van der Waals surface area contributed by atoms with Crippen LogP contribution < -0.4 is 9.47 Å². The Hall–Kier alpha value is -3.42. The second-order valence-electron chi connectivity index (χ2n) is 5.48. The largest absolute Gasteiger partial charge is 0.504 e. The minimum Gasteiger partial charge on any atom is -0.504 e. The van der Waals surface area contributed by atoms with Gasteiger partial charge in [0.2, 0.25) is 0 Å². The van der Waals surface area contributed by atoms with E-state index in [-0.39, 0.29) is 36.1 Å². The van der Waals surface area contributed by atoms with E-state index in [1.807, 2.05) is 0 Å². The normalized spacial score (nSPS) is 10.2. The number of phenols is 2. The van der Waals surface area contributed by atoms with Crippen molar-refractivity contribution < 1.29 is 34.4 Å². The van der Waals surface area contributed by atoms with Gasteiger partial charge < -0.3 is 29.7 Å². The molecule has 0 saturated heterocycles. The fourth-order valence-electron chi connectivity index (χ4n) is 2.42. The first-order chi connectivity index (χ1) is 12.3. The molecule has 0 spiro atoms. The number of nitrogens with zero attached hydrogens (tertiary/aromatic N) is 1. The third kappa shape index (κ3) is 4.35. The average Bonchev–Trinajstić information content (AvgIpc) is 2.63. The van der Waals surface area contributed by atoms with E-state index in [1.54, 1.807) is 12.1 Å². The molecular weight excluding hydrogens is 342 g/mol. The van der Waals surface area contributed by atoms with Crippen molar-refractivity contribution >= 4 is 11.9 Å². The summed E-state index contributed by atoms with van der Waals surface area (Å²) < 4.78 is 10.0. The summed E-state index contributed by atoms with van der Waals surface area (Å²) in [6.07, 6.45) is 0. The summed E-state index contributed by atoms with van der Waals surface area (Å²) in [7, 11) is 2.78. The molecule has 2 aromatic rings. The Morgan fingerprint density at radius 2 is 1.31 bits per heavy atom. The lowest BCUT2D eigenvalue weighted by atomic mass is 10.1. The monoisotopic (exact) mass is 361 g/mol. The molecule has 0 fully saturated rings. The number of carbonyl (C=O) groups is 2. The van der Waals surface area contributed by atoms with E-state index < -0.39 is 11.9 Å². The molecule has 0 heterocycles. The van der Waals surface area contributed by atoms with Gasteiger partial charge in [-0.05, 0) is 35.4 Å².